The summed E-state index contributed by atoms with van der Waals surface area (Å²) in [6.45, 7) is 5.89. The van der Waals surface area contributed by atoms with E-state index in [1.54, 1.807) is 18.9 Å². The van der Waals surface area contributed by atoms with Crippen LogP contribution in [-0.4, -0.2) is 58.5 Å². The molecule has 18 heavy (non-hydrogen) atoms. The third-order valence-electron chi connectivity index (χ3n) is 3.88. The van der Waals surface area contributed by atoms with Gasteiger partial charge in [0.2, 0.25) is 5.91 Å². The maximum absolute atomic E-state index is 12.2. The van der Waals surface area contributed by atoms with Crippen molar-refractivity contribution in [3.8, 4) is 0 Å². The van der Waals surface area contributed by atoms with Crippen molar-refractivity contribution in [2.24, 2.45) is 0 Å². The minimum absolute atomic E-state index is 0.0327. The number of aliphatic carboxylic acids is 1. The Labute approximate surface area is 109 Å². The molecule has 0 aliphatic carbocycles. The average Bonchev–Trinajstić information content (AvgIpc) is 2.27. The van der Waals surface area contributed by atoms with E-state index in [0.29, 0.717) is 0 Å². The third kappa shape index (κ3) is 3.45. The standard InChI is InChI=1S/C13H24N2O3/c1-9-6-5-7-10(2)15(9)12(16)8-14(4)11(3)13(17)18/h9-11H,5-8H2,1-4H3,(H,17,18)/t9-,10-,11-/m1/s1. The number of carboxylic acid groups (broad SMARTS) is 1. The highest BCUT2D eigenvalue weighted by Crippen LogP contribution is 2.22. The van der Waals surface area contributed by atoms with Gasteiger partial charge in [-0.3, -0.25) is 14.5 Å². The SMILES string of the molecule is C[C@H](C(=O)O)N(C)CC(=O)N1[C@H](C)CCC[C@H]1C. The summed E-state index contributed by atoms with van der Waals surface area (Å²) < 4.78 is 0. The van der Waals surface area contributed by atoms with Crippen molar-refractivity contribution in [2.45, 2.75) is 58.2 Å². The molecule has 0 aromatic rings. The number of carbonyl (C=O) groups is 2. The summed E-state index contributed by atoms with van der Waals surface area (Å²) in [7, 11) is 1.68. The van der Waals surface area contributed by atoms with Gasteiger partial charge in [-0.2, -0.15) is 0 Å². The fraction of sp³-hybridized carbons (Fsp3) is 0.846. The molecule has 1 fully saturated rings. The van der Waals surface area contributed by atoms with Gasteiger partial charge in [0.1, 0.15) is 6.04 Å². The van der Waals surface area contributed by atoms with Crippen molar-refractivity contribution in [1.29, 1.82) is 0 Å². The van der Waals surface area contributed by atoms with Gasteiger partial charge in [-0.05, 0) is 47.1 Å². The van der Waals surface area contributed by atoms with Crippen molar-refractivity contribution in [3.05, 3.63) is 0 Å². The molecule has 1 aliphatic heterocycles. The Hall–Kier alpha value is -1.10. The van der Waals surface area contributed by atoms with Crippen molar-refractivity contribution < 1.29 is 14.7 Å². The van der Waals surface area contributed by atoms with Crippen LogP contribution in [0, 0.1) is 0 Å². The van der Waals surface area contributed by atoms with E-state index in [1.165, 1.54) is 0 Å². The monoisotopic (exact) mass is 256 g/mol. The number of likely N-dealkylation sites (tertiary alicyclic amines) is 1. The summed E-state index contributed by atoms with van der Waals surface area (Å²) in [5.74, 6) is -0.865. The lowest BCUT2D eigenvalue weighted by Crippen LogP contribution is -2.52. The van der Waals surface area contributed by atoms with E-state index >= 15 is 0 Å². The fourth-order valence-corrected chi connectivity index (χ4v) is 2.53. The molecule has 5 nitrogen and oxygen atoms in total. The quantitative estimate of drug-likeness (QED) is 0.820. The Balaban J connectivity index is 2.61. The molecule has 0 radical (unpaired) electrons. The second-order valence-corrected chi connectivity index (χ2v) is 5.36. The van der Waals surface area contributed by atoms with Gasteiger partial charge < -0.3 is 10.0 Å². The number of rotatable bonds is 4. The zero-order chi connectivity index (χ0) is 13.9. The molecule has 3 atom stereocenters. The first-order valence-corrected chi connectivity index (χ1v) is 6.58. The van der Waals surface area contributed by atoms with Gasteiger partial charge in [0.15, 0.2) is 0 Å². The number of hydrogen-bond acceptors (Lipinski definition) is 3. The minimum Gasteiger partial charge on any atom is -0.480 e. The van der Waals surface area contributed by atoms with Crippen LogP contribution >= 0.6 is 0 Å². The fourth-order valence-electron chi connectivity index (χ4n) is 2.53. The predicted octanol–water partition coefficient (Wildman–Crippen LogP) is 1.18. The highest BCUT2D eigenvalue weighted by Gasteiger charge is 2.30. The molecule has 0 unspecified atom stereocenters. The maximum Gasteiger partial charge on any atom is 0.320 e. The molecule has 1 heterocycles. The molecule has 1 rings (SSSR count). The number of piperidine rings is 1. The zero-order valence-electron chi connectivity index (χ0n) is 11.7. The summed E-state index contributed by atoms with van der Waals surface area (Å²) in [6.07, 6.45) is 3.23. The first-order valence-electron chi connectivity index (χ1n) is 6.58. The smallest absolute Gasteiger partial charge is 0.320 e. The molecule has 1 N–H and O–H groups in total. The molecule has 0 aromatic heterocycles. The maximum atomic E-state index is 12.2. The van der Waals surface area contributed by atoms with Crippen LogP contribution < -0.4 is 0 Å². The lowest BCUT2D eigenvalue weighted by atomic mass is 9.97. The topological polar surface area (TPSA) is 60.9 Å². The number of likely N-dealkylation sites (N-methyl/N-ethyl adjacent to an activating group) is 1. The van der Waals surface area contributed by atoms with Crippen molar-refractivity contribution in [2.75, 3.05) is 13.6 Å². The Kier molecular flexibility index (Phi) is 5.14. The minimum atomic E-state index is -0.898. The molecule has 0 saturated carbocycles. The van der Waals surface area contributed by atoms with Crippen molar-refractivity contribution in [3.63, 3.8) is 0 Å². The highest BCUT2D eigenvalue weighted by molar-refractivity contribution is 5.80. The number of carbonyl (C=O) groups excluding carboxylic acids is 1. The summed E-state index contributed by atoms with van der Waals surface area (Å²) in [5, 5.41) is 8.91. The molecular weight excluding hydrogens is 232 g/mol. The molecule has 104 valence electrons. The van der Waals surface area contributed by atoms with Crippen LogP contribution in [-0.2, 0) is 9.59 Å². The van der Waals surface area contributed by atoms with Gasteiger partial charge in [-0.25, -0.2) is 0 Å². The van der Waals surface area contributed by atoms with Crippen LogP contribution in [0.3, 0.4) is 0 Å². The first-order chi connectivity index (χ1) is 8.34. The Bertz CT molecular complexity index is 309. The van der Waals surface area contributed by atoms with E-state index in [1.807, 2.05) is 4.90 Å². The van der Waals surface area contributed by atoms with E-state index in [0.717, 1.165) is 19.3 Å². The molecule has 1 saturated heterocycles. The lowest BCUT2D eigenvalue weighted by molar-refractivity contribution is -0.144. The van der Waals surface area contributed by atoms with Gasteiger partial charge >= 0.3 is 5.97 Å². The molecule has 1 amide bonds. The van der Waals surface area contributed by atoms with Gasteiger partial charge in [0, 0.05) is 12.1 Å². The summed E-state index contributed by atoms with van der Waals surface area (Å²) in [5.41, 5.74) is 0. The molecule has 5 heteroatoms. The highest BCUT2D eigenvalue weighted by atomic mass is 16.4. The van der Waals surface area contributed by atoms with E-state index in [2.05, 4.69) is 13.8 Å². The number of nitrogens with zero attached hydrogens (tertiary/aromatic N) is 2. The van der Waals surface area contributed by atoms with Gasteiger partial charge in [-0.1, -0.05) is 0 Å². The molecule has 1 aliphatic rings. The third-order valence-corrected chi connectivity index (χ3v) is 3.88. The average molecular weight is 256 g/mol. The number of carboxylic acids is 1. The molecule has 0 aromatic carbocycles. The zero-order valence-corrected chi connectivity index (χ0v) is 11.7. The van der Waals surface area contributed by atoms with E-state index < -0.39 is 12.0 Å². The largest absolute Gasteiger partial charge is 0.480 e. The molecule has 0 spiro atoms. The van der Waals surface area contributed by atoms with Crippen molar-refractivity contribution in [1.82, 2.24) is 9.80 Å². The predicted molar refractivity (Wildman–Crippen MR) is 69.3 cm³/mol. The van der Waals surface area contributed by atoms with Gasteiger partial charge in [0.25, 0.3) is 0 Å². The lowest BCUT2D eigenvalue weighted by Gasteiger charge is -2.40. The second kappa shape index (κ2) is 6.18. The first kappa shape index (κ1) is 15.0. The Morgan fingerprint density at radius 3 is 2.28 bits per heavy atom. The summed E-state index contributed by atoms with van der Waals surface area (Å²) >= 11 is 0. The van der Waals surface area contributed by atoms with Crippen LogP contribution in [0.25, 0.3) is 0 Å². The van der Waals surface area contributed by atoms with Crippen LogP contribution in [0.2, 0.25) is 0 Å². The molecular formula is C13H24N2O3. The van der Waals surface area contributed by atoms with Crippen molar-refractivity contribution >= 4 is 11.9 Å². The van der Waals surface area contributed by atoms with Crippen LogP contribution in [0.4, 0.5) is 0 Å². The van der Waals surface area contributed by atoms with Gasteiger partial charge in [-0.15, -0.1) is 0 Å². The summed E-state index contributed by atoms with van der Waals surface area (Å²) in [4.78, 5) is 26.6. The van der Waals surface area contributed by atoms with Crippen LogP contribution in [0.15, 0.2) is 0 Å². The normalized spacial score (nSPS) is 26.2. The molecule has 0 bridgehead atoms. The van der Waals surface area contributed by atoms with Crippen LogP contribution in [0.1, 0.15) is 40.0 Å². The number of hydrogen-bond donors (Lipinski definition) is 1. The summed E-state index contributed by atoms with van der Waals surface area (Å²) in [6, 6.07) is -0.117. The Morgan fingerprint density at radius 2 is 1.83 bits per heavy atom. The number of amides is 1. The second-order valence-electron chi connectivity index (χ2n) is 5.36. The van der Waals surface area contributed by atoms with E-state index in [4.69, 9.17) is 5.11 Å². The van der Waals surface area contributed by atoms with E-state index in [9.17, 15) is 9.59 Å². The Morgan fingerprint density at radius 1 is 1.33 bits per heavy atom. The van der Waals surface area contributed by atoms with Crippen LogP contribution in [0.5, 0.6) is 0 Å². The van der Waals surface area contributed by atoms with Gasteiger partial charge in [0.05, 0.1) is 6.54 Å². The van der Waals surface area contributed by atoms with E-state index in [-0.39, 0.29) is 24.5 Å².